The number of rotatable bonds is 9. The van der Waals surface area contributed by atoms with Gasteiger partial charge in [-0.05, 0) is 69.6 Å². The molecule has 1 unspecified atom stereocenters. The van der Waals surface area contributed by atoms with Crippen molar-refractivity contribution in [1.82, 2.24) is 15.3 Å². The third-order valence-electron chi connectivity index (χ3n) is 7.91. The summed E-state index contributed by atoms with van der Waals surface area (Å²) >= 11 is 0. The van der Waals surface area contributed by atoms with Crippen molar-refractivity contribution in [2.75, 3.05) is 43.5 Å². The van der Waals surface area contributed by atoms with Crippen molar-refractivity contribution in [3.8, 4) is 17.3 Å². The van der Waals surface area contributed by atoms with Crippen LogP contribution in [0.5, 0.6) is 0 Å². The number of nitriles is 1. The molecular formula is C28H37FN6O2. The summed E-state index contributed by atoms with van der Waals surface area (Å²) in [5.41, 5.74) is 0.482. The van der Waals surface area contributed by atoms with E-state index in [0.717, 1.165) is 45.3 Å². The molecule has 3 fully saturated rings. The van der Waals surface area contributed by atoms with Gasteiger partial charge < -0.3 is 25.4 Å². The standard InChI is InChI=1S/C28H37FN6O2/c29-24-17-32-27(34-21-8-6-20(7-9-21)31-16-22-3-2-12-37-22)15-23(24)25-4-1-5-26(35-25)33-19-28(18-30)10-13-36-14-11-28/h1,4-5,15,17,20-22,31H,2-3,6-14,16,19H2,(H,32,34)(H,33,35)/t20-,21-,22?. The molecule has 2 aliphatic heterocycles. The summed E-state index contributed by atoms with van der Waals surface area (Å²) in [6.45, 7) is 3.50. The van der Waals surface area contributed by atoms with Crippen LogP contribution >= 0.6 is 0 Å². The van der Waals surface area contributed by atoms with Gasteiger partial charge in [-0.3, -0.25) is 0 Å². The first-order chi connectivity index (χ1) is 18.1. The maximum atomic E-state index is 14.8. The second-order valence-electron chi connectivity index (χ2n) is 10.6. The predicted molar refractivity (Wildman–Crippen MR) is 141 cm³/mol. The molecule has 3 aliphatic rings. The first-order valence-electron chi connectivity index (χ1n) is 13.6. The number of nitrogens with zero attached hydrogens (tertiary/aromatic N) is 3. The zero-order valence-electron chi connectivity index (χ0n) is 21.3. The summed E-state index contributed by atoms with van der Waals surface area (Å²) < 4.78 is 25.9. The summed E-state index contributed by atoms with van der Waals surface area (Å²) in [4.78, 5) is 8.94. The van der Waals surface area contributed by atoms with Crippen molar-refractivity contribution in [2.24, 2.45) is 5.41 Å². The molecule has 0 bridgehead atoms. The highest BCUT2D eigenvalue weighted by atomic mass is 19.1. The average molecular weight is 509 g/mol. The number of pyridine rings is 2. The summed E-state index contributed by atoms with van der Waals surface area (Å²) in [7, 11) is 0. The minimum Gasteiger partial charge on any atom is -0.381 e. The number of hydrogen-bond donors (Lipinski definition) is 3. The minimum atomic E-state index is -0.465. The van der Waals surface area contributed by atoms with Crippen molar-refractivity contribution in [2.45, 2.75) is 69.6 Å². The van der Waals surface area contributed by atoms with E-state index in [4.69, 9.17) is 9.47 Å². The molecule has 4 heterocycles. The summed E-state index contributed by atoms with van der Waals surface area (Å²) in [5, 5.41) is 20.2. The van der Waals surface area contributed by atoms with Gasteiger partial charge in [-0.15, -0.1) is 0 Å². The summed E-state index contributed by atoms with van der Waals surface area (Å²) in [5.74, 6) is 0.881. The largest absolute Gasteiger partial charge is 0.381 e. The molecule has 0 amide bonds. The van der Waals surface area contributed by atoms with E-state index in [1.807, 2.05) is 12.1 Å². The first kappa shape index (κ1) is 25.8. The molecule has 3 N–H and O–H groups in total. The van der Waals surface area contributed by atoms with Gasteiger partial charge in [0, 0.05) is 50.6 Å². The quantitative estimate of drug-likeness (QED) is 0.455. The zero-order valence-corrected chi connectivity index (χ0v) is 21.3. The lowest BCUT2D eigenvalue weighted by Crippen LogP contribution is -2.40. The van der Waals surface area contributed by atoms with Gasteiger partial charge in [-0.1, -0.05) is 6.07 Å². The summed E-state index contributed by atoms with van der Waals surface area (Å²) in [6, 6.07) is 10.5. The fraction of sp³-hybridized carbons (Fsp3) is 0.607. The van der Waals surface area contributed by atoms with Crippen LogP contribution in [0.15, 0.2) is 30.5 Å². The lowest BCUT2D eigenvalue weighted by molar-refractivity contribution is 0.0455. The van der Waals surface area contributed by atoms with Crippen molar-refractivity contribution < 1.29 is 13.9 Å². The maximum absolute atomic E-state index is 14.8. The van der Waals surface area contributed by atoms with E-state index in [-0.39, 0.29) is 0 Å². The molecule has 2 aromatic heterocycles. The van der Waals surface area contributed by atoms with E-state index in [1.54, 1.807) is 12.1 Å². The molecule has 0 aromatic carbocycles. The molecule has 2 aromatic rings. The molecule has 2 saturated heterocycles. The Morgan fingerprint density at radius 2 is 1.86 bits per heavy atom. The molecular weight excluding hydrogens is 471 g/mol. The Morgan fingerprint density at radius 1 is 1.05 bits per heavy atom. The lowest BCUT2D eigenvalue weighted by Gasteiger charge is -2.31. The van der Waals surface area contributed by atoms with Gasteiger partial charge >= 0.3 is 0 Å². The Hall–Kier alpha value is -2.80. The Labute approximate surface area is 218 Å². The van der Waals surface area contributed by atoms with Crippen LogP contribution in [-0.4, -0.2) is 61.1 Å². The molecule has 1 aliphatic carbocycles. The van der Waals surface area contributed by atoms with Gasteiger partial charge in [0.25, 0.3) is 0 Å². The topological polar surface area (TPSA) is 104 Å². The van der Waals surface area contributed by atoms with Crippen molar-refractivity contribution in [1.29, 1.82) is 5.26 Å². The van der Waals surface area contributed by atoms with E-state index in [2.05, 4.69) is 32.0 Å². The van der Waals surface area contributed by atoms with E-state index in [0.29, 0.717) is 73.7 Å². The fourth-order valence-electron chi connectivity index (χ4n) is 5.50. The zero-order chi connectivity index (χ0) is 25.5. The van der Waals surface area contributed by atoms with Gasteiger partial charge in [0.1, 0.15) is 11.6 Å². The first-order valence-corrected chi connectivity index (χ1v) is 13.6. The van der Waals surface area contributed by atoms with E-state index >= 15 is 0 Å². The van der Waals surface area contributed by atoms with Crippen LogP contribution in [-0.2, 0) is 9.47 Å². The van der Waals surface area contributed by atoms with Crippen LogP contribution in [0.3, 0.4) is 0 Å². The van der Waals surface area contributed by atoms with Crippen LogP contribution < -0.4 is 16.0 Å². The number of nitrogens with one attached hydrogen (secondary N) is 3. The third-order valence-corrected chi connectivity index (χ3v) is 7.91. The van der Waals surface area contributed by atoms with E-state index < -0.39 is 11.2 Å². The molecule has 1 atom stereocenters. The van der Waals surface area contributed by atoms with Crippen LogP contribution in [0.2, 0.25) is 0 Å². The Bertz CT molecular complexity index is 1070. The number of anilines is 2. The molecule has 198 valence electrons. The minimum absolute atomic E-state index is 0.314. The van der Waals surface area contributed by atoms with Crippen LogP contribution in [0.4, 0.5) is 16.0 Å². The third kappa shape index (κ3) is 6.75. The normalized spacial score (nSPS) is 25.4. The van der Waals surface area contributed by atoms with Crippen LogP contribution in [0.1, 0.15) is 51.4 Å². The monoisotopic (exact) mass is 508 g/mol. The lowest BCUT2D eigenvalue weighted by atomic mass is 9.82. The Kier molecular flexibility index (Phi) is 8.49. The second-order valence-corrected chi connectivity index (χ2v) is 10.6. The Balaban J connectivity index is 1.17. The Morgan fingerprint density at radius 3 is 2.62 bits per heavy atom. The van der Waals surface area contributed by atoms with Gasteiger partial charge in [-0.2, -0.15) is 5.26 Å². The van der Waals surface area contributed by atoms with Gasteiger partial charge in [0.05, 0.1) is 29.5 Å². The predicted octanol–water partition coefficient (Wildman–Crippen LogP) is 4.51. The van der Waals surface area contributed by atoms with Crippen molar-refractivity contribution >= 4 is 11.6 Å². The number of ether oxygens (including phenoxy) is 2. The SMILES string of the molecule is N#CC1(CNc2cccc(-c3cc(N[C@H]4CC[C@H](NCC5CCCO5)CC4)ncc3F)n2)CCOCC1. The van der Waals surface area contributed by atoms with Crippen molar-refractivity contribution in [3.63, 3.8) is 0 Å². The van der Waals surface area contributed by atoms with Gasteiger partial charge in [0.15, 0.2) is 5.82 Å². The number of aromatic nitrogens is 2. The molecule has 8 nitrogen and oxygen atoms in total. The average Bonchev–Trinajstić information content (AvgIpc) is 3.47. The smallest absolute Gasteiger partial charge is 0.151 e. The number of halogens is 1. The van der Waals surface area contributed by atoms with Crippen molar-refractivity contribution in [3.05, 3.63) is 36.3 Å². The van der Waals surface area contributed by atoms with Crippen LogP contribution in [0.25, 0.3) is 11.3 Å². The molecule has 9 heteroatoms. The molecule has 1 saturated carbocycles. The molecule has 37 heavy (non-hydrogen) atoms. The highest BCUT2D eigenvalue weighted by Gasteiger charge is 2.32. The van der Waals surface area contributed by atoms with E-state index in [9.17, 15) is 9.65 Å². The van der Waals surface area contributed by atoms with Gasteiger partial charge in [-0.25, -0.2) is 14.4 Å². The highest BCUT2D eigenvalue weighted by Crippen LogP contribution is 2.31. The second kappa shape index (κ2) is 12.2. The summed E-state index contributed by atoms with van der Waals surface area (Å²) in [6.07, 6.45) is 9.63. The van der Waals surface area contributed by atoms with Crippen LogP contribution in [0, 0.1) is 22.6 Å². The van der Waals surface area contributed by atoms with E-state index in [1.165, 1.54) is 12.6 Å². The van der Waals surface area contributed by atoms with Gasteiger partial charge in [0.2, 0.25) is 0 Å². The number of hydrogen-bond acceptors (Lipinski definition) is 8. The maximum Gasteiger partial charge on any atom is 0.151 e. The highest BCUT2D eigenvalue weighted by molar-refractivity contribution is 5.65. The molecule has 0 spiro atoms. The fourth-order valence-corrected chi connectivity index (χ4v) is 5.50. The molecule has 0 radical (unpaired) electrons. The molecule has 5 rings (SSSR count).